The number of furan rings is 1. The van der Waals surface area contributed by atoms with E-state index < -0.39 is 0 Å². The third-order valence-electron chi connectivity index (χ3n) is 3.85. The number of likely N-dealkylation sites (tertiary alicyclic amines) is 1. The van der Waals surface area contributed by atoms with E-state index in [1.807, 2.05) is 12.1 Å². The Labute approximate surface area is 147 Å². The average Bonchev–Trinajstić information content (AvgIpc) is 3.10. The molecule has 1 saturated heterocycles. The van der Waals surface area contributed by atoms with Crippen molar-refractivity contribution in [2.75, 3.05) is 19.6 Å². The van der Waals surface area contributed by atoms with Crippen molar-refractivity contribution in [1.29, 1.82) is 0 Å². The monoisotopic (exact) mass is 363 g/mol. The standard InChI is InChI=1S/C15H21N3OS.2ClH/c16-6-5-12-3-1-7-18(9-12)10-13-11-20-15(17-13)14-4-2-8-19-14;;/h2,4,8,11-12H,1,3,5-7,9-10,16H2;2*1H. The van der Waals surface area contributed by atoms with E-state index in [1.54, 1.807) is 17.6 Å². The molecule has 0 spiro atoms. The third kappa shape index (κ3) is 4.96. The first kappa shape index (κ1) is 19.5. The van der Waals surface area contributed by atoms with Gasteiger partial charge in [-0.15, -0.1) is 36.2 Å². The lowest BCUT2D eigenvalue weighted by Gasteiger charge is -2.32. The molecule has 1 aliphatic rings. The lowest BCUT2D eigenvalue weighted by Crippen LogP contribution is -2.35. The van der Waals surface area contributed by atoms with Crippen LogP contribution in [-0.2, 0) is 6.54 Å². The second kappa shape index (κ2) is 9.53. The van der Waals surface area contributed by atoms with Crippen molar-refractivity contribution in [3.63, 3.8) is 0 Å². The molecule has 7 heteroatoms. The highest BCUT2D eigenvalue weighted by molar-refractivity contribution is 7.13. The van der Waals surface area contributed by atoms with Crippen LogP contribution in [0.4, 0.5) is 0 Å². The van der Waals surface area contributed by atoms with Crippen LogP contribution in [0.2, 0.25) is 0 Å². The summed E-state index contributed by atoms with van der Waals surface area (Å²) >= 11 is 1.66. The van der Waals surface area contributed by atoms with Gasteiger partial charge < -0.3 is 10.2 Å². The number of rotatable bonds is 5. The fraction of sp³-hybridized carbons (Fsp3) is 0.533. The summed E-state index contributed by atoms with van der Waals surface area (Å²) in [6.45, 7) is 4.08. The Balaban J connectivity index is 0.00000121. The highest BCUT2D eigenvalue weighted by Gasteiger charge is 2.20. The molecule has 3 heterocycles. The topological polar surface area (TPSA) is 55.3 Å². The molecule has 0 aromatic carbocycles. The van der Waals surface area contributed by atoms with Crippen molar-refractivity contribution < 1.29 is 4.42 Å². The van der Waals surface area contributed by atoms with E-state index in [2.05, 4.69) is 15.3 Å². The van der Waals surface area contributed by atoms with E-state index in [1.165, 1.54) is 19.4 Å². The molecule has 0 radical (unpaired) electrons. The largest absolute Gasteiger partial charge is 0.462 e. The molecule has 1 aliphatic heterocycles. The summed E-state index contributed by atoms with van der Waals surface area (Å²) in [6.07, 6.45) is 5.44. The lowest BCUT2D eigenvalue weighted by molar-refractivity contribution is 0.162. The Hall–Kier alpha value is -0.590. The molecular formula is C15H23Cl2N3OS. The van der Waals surface area contributed by atoms with E-state index in [0.29, 0.717) is 0 Å². The van der Waals surface area contributed by atoms with E-state index in [0.717, 1.165) is 48.4 Å². The molecule has 2 aromatic heterocycles. The minimum Gasteiger partial charge on any atom is -0.462 e. The summed E-state index contributed by atoms with van der Waals surface area (Å²) in [4.78, 5) is 7.18. The van der Waals surface area contributed by atoms with Crippen LogP contribution in [0.15, 0.2) is 28.2 Å². The first-order valence-corrected chi connectivity index (χ1v) is 8.14. The molecule has 4 nitrogen and oxygen atoms in total. The maximum absolute atomic E-state index is 5.68. The van der Waals surface area contributed by atoms with Crippen LogP contribution in [0, 0.1) is 5.92 Å². The number of nitrogens with zero attached hydrogens (tertiary/aromatic N) is 2. The number of hydrogen-bond donors (Lipinski definition) is 1. The molecule has 1 atom stereocenters. The number of nitrogens with two attached hydrogens (primary N) is 1. The molecule has 1 fully saturated rings. The van der Waals surface area contributed by atoms with E-state index >= 15 is 0 Å². The van der Waals surface area contributed by atoms with Crippen LogP contribution in [0.1, 0.15) is 25.0 Å². The molecule has 1 unspecified atom stereocenters. The molecule has 2 N–H and O–H groups in total. The SMILES string of the molecule is Cl.Cl.NCCC1CCCN(Cc2csc(-c3ccco3)n2)C1. The Morgan fingerprint density at radius 2 is 2.27 bits per heavy atom. The van der Waals surface area contributed by atoms with Crippen LogP contribution in [-0.4, -0.2) is 29.5 Å². The molecular weight excluding hydrogens is 341 g/mol. The lowest BCUT2D eigenvalue weighted by atomic mass is 9.95. The Morgan fingerprint density at radius 3 is 3.00 bits per heavy atom. The van der Waals surface area contributed by atoms with Gasteiger partial charge in [-0.2, -0.15) is 0 Å². The first-order valence-electron chi connectivity index (χ1n) is 7.26. The van der Waals surface area contributed by atoms with Gasteiger partial charge >= 0.3 is 0 Å². The van der Waals surface area contributed by atoms with Gasteiger partial charge in [0.25, 0.3) is 0 Å². The fourth-order valence-corrected chi connectivity index (χ4v) is 3.67. The number of aromatic nitrogens is 1. The van der Waals surface area contributed by atoms with Crippen LogP contribution >= 0.6 is 36.2 Å². The van der Waals surface area contributed by atoms with Gasteiger partial charge in [0.05, 0.1) is 12.0 Å². The normalized spacial score (nSPS) is 18.5. The maximum atomic E-state index is 5.68. The summed E-state index contributed by atoms with van der Waals surface area (Å²) in [5.74, 6) is 1.62. The predicted molar refractivity (Wildman–Crippen MR) is 96.0 cm³/mol. The minimum atomic E-state index is 0. The van der Waals surface area contributed by atoms with E-state index in [-0.39, 0.29) is 24.8 Å². The molecule has 0 amide bonds. The zero-order valence-corrected chi connectivity index (χ0v) is 14.9. The molecule has 124 valence electrons. The van der Waals surface area contributed by atoms with E-state index in [4.69, 9.17) is 10.2 Å². The molecule has 3 rings (SSSR count). The van der Waals surface area contributed by atoms with Gasteiger partial charge in [0.1, 0.15) is 0 Å². The summed E-state index contributed by atoms with van der Waals surface area (Å²) in [6, 6.07) is 3.86. The van der Waals surface area contributed by atoms with Crippen molar-refractivity contribution in [2.24, 2.45) is 11.7 Å². The number of hydrogen-bond acceptors (Lipinski definition) is 5. The smallest absolute Gasteiger partial charge is 0.162 e. The van der Waals surface area contributed by atoms with E-state index in [9.17, 15) is 0 Å². The quantitative estimate of drug-likeness (QED) is 0.877. The van der Waals surface area contributed by atoms with Gasteiger partial charge in [0.15, 0.2) is 10.8 Å². The molecule has 0 bridgehead atoms. The van der Waals surface area contributed by atoms with Crippen molar-refractivity contribution >= 4 is 36.2 Å². The zero-order valence-electron chi connectivity index (χ0n) is 12.4. The molecule has 2 aromatic rings. The minimum absolute atomic E-state index is 0. The molecule has 22 heavy (non-hydrogen) atoms. The maximum Gasteiger partial charge on any atom is 0.162 e. The van der Waals surface area contributed by atoms with Crippen molar-refractivity contribution in [3.05, 3.63) is 29.5 Å². The average molecular weight is 364 g/mol. The third-order valence-corrected chi connectivity index (χ3v) is 4.75. The van der Waals surface area contributed by atoms with Crippen LogP contribution < -0.4 is 5.73 Å². The van der Waals surface area contributed by atoms with Gasteiger partial charge in [-0.1, -0.05) is 0 Å². The van der Waals surface area contributed by atoms with Crippen LogP contribution in [0.5, 0.6) is 0 Å². The molecule has 0 aliphatic carbocycles. The van der Waals surface area contributed by atoms with Gasteiger partial charge in [0.2, 0.25) is 0 Å². The first-order chi connectivity index (χ1) is 9.85. The van der Waals surface area contributed by atoms with Crippen molar-refractivity contribution in [2.45, 2.75) is 25.8 Å². The van der Waals surface area contributed by atoms with Gasteiger partial charge in [-0.25, -0.2) is 4.98 Å². The Morgan fingerprint density at radius 1 is 1.41 bits per heavy atom. The second-order valence-electron chi connectivity index (χ2n) is 5.44. The number of halogens is 2. The fourth-order valence-electron chi connectivity index (χ4n) is 2.89. The summed E-state index contributed by atoms with van der Waals surface area (Å²) in [5.41, 5.74) is 6.82. The highest BCUT2D eigenvalue weighted by Crippen LogP contribution is 2.26. The molecule has 0 saturated carbocycles. The Bertz CT molecular complexity index is 531. The number of thiazole rings is 1. The number of piperidine rings is 1. The van der Waals surface area contributed by atoms with Gasteiger partial charge in [-0.3, -0.25) is 4.90 Å². The highest BCUT2D eigenvalue weighted by atomic mass is 35.5. The predicted octanol–water partition coefficient (Wildman–Crippen LogP) is 3.81. The van der Waals surface area contributed by atoms with Crippen molar-refractivity contribution in [3.8, 4) is 10.8 Å². The van der Waals surface area contributed by atoms with Crippen LogP contribution in [0.25, 0.3) is 10.8 Å². The summed E-state index contributed by atoms with van der Waals surface area (Å²) < 4.78 is 5.39. The Kier molecular flexibility index (Phi) is 8.43. The summed E-state index contributed by atoms with van der Waals surface area (Å²) in [5, 5.41) is 3.12. The zero-order chi connectivity index (χ0) is 13.8. The van der Waals surface area contributed by atoms with Gasteiger partial charge in [-0.05, 0) is 50.4 Å². The second-order valence-corrected chi connectivity index (χ2v) is 6.30. The van der Waals surface area contributed by atoms with Crippen molar-refractivity contribution in [1.82, 2.24) is 9.88 Å². The van der Waals surface area contributed by atoms with Gasteiger partial charge in [0, 0.05) is 18.5 Å². The van der Waals surface area contributed by atoms with Crippen LogP contribution in [0.3, 0.4) is 0 Å². The summed E-state index contributed by atoms with van der Waals surface area (Å²) in [7, 11) is 0.